The predicted molar refractivity (Wildman–Crippen MR) is 43.0 cm³/mol. The van der Waals surface area contributed by atoms with Crippen LogP contribution in [0.2, 0.25) is 0 Å². The molecule has 0 radical (unpaired) electrons. The van der Waals surface area contributed by atoms with E-state index in [1.807, 2.05) is 6.08 Å². The van der Waals surface area contributed by atoms with E-state index in [0.717, 1.165) is 12.8 Å². The van der Waals surface area contributed by atoms with Gasteiger partial charge in [0.15, 0.2) is 5.78 Å². The first-order valence-corrected chi connectivity index (χ1v) is 3.93. The molecule has 0 aliphatic heterocycles. The molecule has 0 aromatic heterocycles. The SMILES string of the molecule is NC1CC2=C(CC(=O)C=C2)C1. The summed E-state index contributed by atoms with van der Waals surface area (Å²) >= 11 is 0. The van der Waals surface area contributed by atoms with Gasteiger partial charge in [-0.15, -0.1) is 0 Å². The van der Waals surface area contributed by atoms with Crippen LogP contribution in [-0.4, -0.2) is 11.8 Å². The summed E-state index contributed by atoms with van der Waals surface area (Å²) in [4.78, 5) is 11.0. The van der Waals surface area contributed by atoms with Crippen LogP contribution < -0.4 is 5.73 Å². The quantitative estimate of drug-likeness (QED) is 0.557. The average Bonchev–Trinajstić information content (AvgIpc) is 2.27. The zero-order chi connectivity index (χ0) is 7.84. The maximum atomic E-state index is 11.0. The van der Waals surface area contributed by atoms with Gasteiger partial charge < -0.3 is 5.73 Å². The molecule has 2 nitrogen and oxygen atoms in total. The molecule has 0 fully saturated rings. The van der Waals surface area contributed by atoms with E-state index in [1.54, 1.807) is 6.08 Å². The largest absolute Gasteiger partial charge is 0.327 e. The molecule has 2 aliphatic rings. The molecule has 0 saturated carbocycles. The normalized spacial score (nSPS) is 29.5. The van der Waals surface area contributed by atoms with Crippen LogP contribution >= 0.6 is 0 Å². The number of hydrogen-bond donors (Lipinski definition) is 1. The minimum absolute atomic E-state index is 0.220. The first-order chi connectivity index (χ1) is 5.25. The van der Waals surface area contributed by atoms with Crippen molar-refractivity contribution in [1.29, 1.82) is 0 Å². The summed E-state index contributed by atoms with van der Waals surface area (Å²) in [6.07, 6.45) is 6.08. The Morgan fingerprint density at radius 1 is 1.36 bits per heavy atom. The van der Waals surface area contributed by atoms with Crippen LogP contribution in [0, 0.1) is 0 Å². The third kappa shape index (κ3) is 1.14. The Hall–Kier alpha value is -0.890. The lowest BCUT2D eigenvalue weighted by molar-refractivity contribution is -0.114. The minimum Gasteiger partial charge on any atom is -0.327 e. The Morgan fingerprint density at radius 3 is 3.00 bits per heavy atom. The minimum atomic E-state index is 0.220. The molecule has 0 spiro atoms. The van der Waals surface area contributed by atoms with E-state index < -0.39 is 0 Å². The standard InChI is InChI=1S/C9H11NO/c10-8-3-6-1-2-9(11)5-7(6)4-8/h1-2,8H,3-5,10H2. The summed E-state index contributed by atoms with van der Waals surface area (Å²) in [6.45, 7) is 0. The molecule has 2 aliphatic carbocycles. The van der Waals surface area contributed by atoms with Crippen molar-refractivity contribution in [3.05, 3.63) is 23.3 Å². The van der Waals surface area contributed by atoms with Gasteiger partial charge in [-0.3, -0.25) is 4.79 Å². The Kier molecular flexibility index (Phi) is 1.43. The van der Waals surface area contributed by atoms with E-state index in [-0.39, 0.29) is 11.8 Å². The van der Waals surface area contributed by atoms with Crippen LogP contribution in [0.5, 0.6) is 0 Å². The topological polar surface area (TPSA) is 43.1 Å². The van der Waals surface area contributed by atoms with Crippen molar-refractivity contribution in [1.82, 2.24) is 0 Å². The monoisotopic (exact) mass is 149 g/mol. The number of allylic oxidation sites excluding steroid dienone is 2. The molecular formula is C9H11NO. The number of ketones is 1. The number of carbonyl (C=O) groups excluding carboxylic acids is 1. The molecule has 58 valence electrons. The molecule has 0 amide bonds. The third-order valence-electron chi connectivity index (χ3n) is 2.30. The smallest absolute Gasteiger partial charge is 0.159 e. The lowest BCUT2D eigenvalue weighted by Crippen LogP contribution is -2.15. The summed E-state index contributed by atoms with van der Waals surface area (Å²) in [5, 5.41) is 0. The first kappa shape index (κ1) is 6.80. The van der Waals surface area contributed by atoms with Crippen molar-refractivity contribution in [2.75, 3.05) is 0 Å². The van der Waals surface area contributed by atoms with Crippen LogP contribution in [0.4, 0.5) is 0 Å². The lowest BCUT2D eigenvalue weighted by Gasteiger charge is -2.05. The molecule has 2 N–H and O–H groups in total. The molecule has 0 aromatic rings. The van der Waals surface area contributed by atoms with E-state index in [9.17, 15) is 4.79 Å². The Bertz CT molecular complexity index is 263. The van der Waals surface area contributed by atoms with E-state index in [0.29, 0.717) is 6.42 Å². The van der Waals surface area contributed by atoms with Crippen LogP contribution in [0.15, 0.2) is 23.3 Å². The Labute approximate surface area is 65.8 Å². The fourth-order valence-corrected chi connectivity index (χ4v) is 1.78. The van der Waals surface area contributed by atoms with Crippen molar-refractivity contribution in [2.24, 2.45) is 5.73 Å². The van der Waals surface area contributed by atoms with Crippen molar-refractivity contribution >= 4 is 5.78 Å². The van der Waals surface area contributed by atoms with Gasteiger partial charge in [-0.2, -0.15) is 0 Å². The highest BCUT2D eigenvalue weighted by atomic mass is 16.1. The molecule has 0 heterocycles. The zero-order valence-corrected chi connectivity index (χ0v) is 6.34. The van der Waals surface area contributed by atoms with Crippen LogP contribution in [0.3, 0.4) is 0 Å². The highest BCUT2D eigenvalue weighted by molar-refractivity contribution is 5.93. The van der Waals surface area contributed by atoms with Crippen molar-refractivity contribution in [3.8, 4) is 0 Å². The number of carbonyl (C=O) groups is 1. The second-order valence-electron chi connectivity index (χ2n) is 3.27. The molecular weight excluding hydrogens is 138 g/mol. The Morgan fingerprint density at radius 2 is 2.18 bits per heavy atom. The summed E-state index contributed by atoms with van der Waals surface area (Å²) in [5.41, 5.74) is 8.32. The van der Waals surface area contributed by atoms with Gasteiger partial charge in [0.25, 0.3) is 0 Å². The molecule has 0 aromatic carbocycles. The second kappa shape index (κ2) is 2.31. The van der Waals surface area contributed by atoms with Gasteiger partial charge in [0, 0.05) is 12.5 Å². The van der Waals surface area contributed by atoms with Gasteiger partial charge in [-0.25, -0.2) is 0 Å². The van der Waals surface area contributed by atoms with Gasteiger partial charge in [0.1, 0.15) is 0 Å². The zero-order valence-electron chi connectivity index (χ0n) is 6.34. The summed E-state index contributed by atoms with van der Waals surface area (Å²) < 4.78 is 0. The maximum absolute atomic E-state index is 11.0. The van der Waals surface area contributed by atoms with Gasteiger partial charge in [-0.05, 0) is 24.5 Å². The van der Waals surface area contributed by atoms with E-state index >= 15 is 0 Å². The maximum Gasteiger partial charge on any atom is 0.159 e. The summed E-state index contributed by atoms with van der Waals surface area (Å²) in [6, 6.07) is 0.260. The van der Waals surface area contributed by atoms with Crippen molar-refractivity contribution in [2.45, 2.75) is 25.3 Å². The molecule has 1 atom stereocenters. The highest BCUT2D eigenvalue weighted by Gasteiger charge is 2.23. The third-order valence-corrected chi connectivity index (χ3v) is 2.30. The van der Waals surface area contributed by atoms with Crippen LogP contribution in [0.1, 0.15) is 19.3 Å². The predicted octanol–water partition coefficient (Wildman–Crippen LogP) is 0.933. The Balaban J connectivity index is 2.24. The number of hydrogen-bond acceptors (Lipinski definition) is 2. The van der Waals surface area contributed by atoms with Crippen molar-refractivity contribution in [3.63, 3.8) is 0 Å². The van der Waals surface area contributed by atoms with Gasteiger partial charge >= 0.3 is 0 Å². The molecule has 2 rings (SSSR count). The summed E-state index contributed by atoms with van der Waals surface area (Å²) in [7, 11) is 0. The van der Waals surface area contributed by atoms with E-state index in [4.69, 9.17) is 5.73 Å². The summed E-state index contributed by atoms with van der Waals surface area (Å²) in [5.74, 6) is 0.220. The van der Waals surface area contributed by atoms with Crippen molar-refractivity contribution < 1.29 is 4.79 Å². The van der Waals surface area contributed by atoms with Gasteiger partial charge in [0.2, 0.25) is 0 Å². The van der Waals surface area contributed by atoms with E-state index in [1.165, 1.54) is 11.1 Å². The average molecular weight is 149 g/mol. The molecule has 0 bridgehead atoms. The van der Waals surface area contributed by atoms with E-state index in [2.05, 4.69) is 0 Å². The molecule has 2 heteroatoms. The lowest BCUT2D eigenvalue weighted by atomic mass is 10.00. The second-order valence-corrected chi connectivity index (χ2v) is 3.27. The fourth-order valence-electron chi connectivity index (χ4n) is 1.78. The van der Waals surface area contributed by atoms with Gasteiger partial charge in [0.05, 0.1) is 0 Å². The number of rotatable bonds is 0. The van der Waals surface area contributed by atoms with Crippen LogP contribution in [0.25, 0.3) is 0 Å². The van der Waals surface area contributed by atoms with Gasteiger partial charge in [-0.1, -0.05) is 11.6 Å². The molecule has 1 unspecified atom stereocenters. The molecule has 0 saturated heterocycles. The number of nitrogens with two attached hydrogens (primary N) is 1. The fraction of sp³-hybridized carbons (Fsp3) is 0.444. The first-order valence-electron chi connectivity index (χ1n) is 3.93. The highest BCUT2D eigenvalue weighted by Crippen LogP contribution is 2.31. The van der Waals surface area contributed by atoms with Crippen LogP contribution in [-0.2, 0) is 4.79 Å². The molecule has 11 heavy (non-hydrogen) atoms.